The minimum Gasteiger partial charge on any atom is -0.460 e. The van der Waals surface area contributed by atoms with Crippen LogP contribution in [0.2, 0.25) is 0 Å². The molecule has 0 aromatic rings. The Bertz CT molecular complexity index is 489. The third kappa shape index (κ3) is 10.8. The lowest BCUT2D eigenvalue weighted by Crippen LogP contribution is -2.43. The van der Waals surface area contributed by atoms with Gasteiger partial charge in [0.05, 0.1) is 6.42 Å². The lowest BCUT2D eigenvalue weighted by Gasteiger charge is -2.28. The van der Waals surface area contributed by atoms with Gasteiger partial charge in [0.15, 0.2) is 6.10 Å². The first-order chi connectivity index (χ1) is 10.9. The number of rotatable bonds is 5. The van der Waals surface area contributed by atoms with Crippen LogP contribution in [0.1, 0.15) is 68.7 Å². The van der Waals surface area contributed by atoms with Crippen LogP contribution in [0.15, 0.2) is 0 Å². The normalized spacial score (nSPS) is 15.1. The first-order valence-corrected chi connectivity index (χ1v) is 8.27. The molecule has 0 aromatic heterocycles. The molecule has 0 rings (SSSR count). The quantitative estimate of drug-likeness (QED) is 0.593. The summed E-state index contributed by atoms with van der Waals surface area (Å²) >= 11 is 0. The van der Waals surface area contributed by atoms with E-state index in [9.17, 15) is 19.5 Å². The Morgan fingerprint density at radius 1 is 0.720 bits per heavy atom. The van der Waals surface area contributed by atoms with Crippen molar-refractivity contribution in [3.8, 4) is 0 Å². The number of esters is 3. The highest BCUT2D eigenvalue weighted by atomic mass is 16.6. The van der Waals surface area contributed by atoms with E-state index < -0.39 is 53.2 Å². The monoisotopic (exact) mass is 360 g/mol. The minimum absolute atomic E-state index is 0.493. The molecule has 7 heteroatoms. The maximum atomic E-state index is 12.4. The molecular formula is C18H32O7. The van der Waals surface area contributed by atoms with Gasteiger partial charge in [0.25, 0.3) is 0 Å². The Kier molecular flexibility index (Phi) is 7.63. The van der Waals surface area contributed by atoms with E-state index in [1.54, 1.807) is 62.3 Å². The Morgan fingerprint density at radius 3 is 1.44 bits per heavy atom. The number of carbonyl (C=O) groups is 3. The molecular weight excluding hydrogens is 328 g/mol. The van der Waals surface area contributed by atoms with Crippen LogP contribution in [0.3, 0.4) is 0 Å². The van der Waals surface area contributed by atoms with Crippen LogP contribution in [0.25, 0.3) is 0 Å². The predicted molar refractivity (Wildman–Crippen MR) is 91.6 cm³/mol. The maximum absolute atomic E-state index is 12.4. The zero-order valence-electron chi connectivity index (χ0n) is 16.8. The maximum Gasteiger partial charge on any atom is 0.336 e. The van der Waals surface area contributed by atoms with Crippen molar-refractivity contribution in [2.45, 2.75) is 91.6 Å². The van der Waals surface area contributed by atoms with Crippen LogP contribution in [-0.2, 0) is 28.6 Å². The van der Waals surface area contributed by atoms with Gasteiger partial charge in [-0.2, -0.15) is 0 Å². The summed E-state index contributed by atoms with van der Waals surface area (Å²) in [4.78, 5) is 36.5. The van der Waals surface area contributed by atoms with Crippen molar-refractivity contribution >= 4 is 17.9 Å². The number of ether oxygens (including phenoxy) is 3. The van der Waals surface area contributed by atoms with Gasteiger partial charge in [0.2, 0.25) is 0 Å². The van der Waals surface area contributed by atoms with Crippen LogP contribution >= 0.6 is 0 Å². The molecule has 0 fully saturated rings. The van der Waals surface area contributed by atoms with Crippen LogP contribution < -0.4 is 0 Å². The standard InChI is InChI=1S/C18H32O7/c1-16(2,3)23-12(19)10-11(14(21)24-17(4,5)6)13(20)15(22)25-18(7,8)9/h11,13,20H,10H2,1-9H3/t11-,13+/m0/s1. The second kappa shape index (κ2) is 8.17. The van der Waals surface area contributed by atoms with E-state index in [0.29, 0.717) is 0 Å². The summed E-state index contributed by atoms with van der Waals surface area (Å²) in [5, 5.41) is 10.3. The summed E-state index contributed by atoms with van der Waals surface area (Å²) in [6.45, 7) is 14.9. The van der Waals surface area contributed by atoms with Gasteiger partial charge < -0.3 is 19.3 Å². The van der Waals surface area contributed by atoms with Crippen LogP contribution in [0, 0.1) is 5.92 Å². The summed E-state index contributed by atoms with van der Waals surface area (Å²) in [6.07, 6.45) is -2.33. The Balaban J connectivity index is 5.35. The first kappa shape index (κ1) is 23.4. The smallest absolute Gasteiger partial charge is 0.336 e. The van der Waals surface area contributed by atoms with Gasteiger partial charge in [-0.1, -0.05) is 0 Å². The zero-order valence-corrected chi connectivity index (χ0v) is 16.8. The summed E-state index contributed by atoms with van der Waals surface area (Å²) in [5.41, 5.74) is -2.44. The van der Waals surface area contributed by atoms with Crippen molar-refractivity contribution in [3.63, 3.8) is 0 Å². The third-order valence-corrected chi connectivity index (χ3v) is 2.55. The average molecular weight is 360 g/mol. The van der Waals surface area contributed by atoms with E-state index >= 15 is 0 Å². The van der Waals surface area contributed by atoms with Crippen molar-refractivity contribution in [3.05, 3.63) is 0 Å². The van der Waals surface area contributed by atoms with Crippen molar-refractivity contribution in [1.29, 1.82) is 0 Å². The Labute approximate surface area is 150 Å². The fraction of sp³-hybridized carbons (Fsp3) is 0.833. The summed E-state index contributed by atoms with van der Waals surface area (Å²) in [5.74, 6) is -3.99. The second-order valence-electron chi connectivity index (χ2n) is 8.91. The molecule has 0 amide bonds. The highest BCUT2D eigenvalue weighted by molar-refractivity contribution is 5.87. The number of hydrogen-bond donors (Lipinski definition) is 1. The van der Waals surface area contributed by atoms with E-state index in [-0.39, 0.29) is 0 Å². The van der Waals surface area contributed by atoms with E-state index in [4.69, 9.17) is 14.2 Å². The van der Waals surface area contributed by atoms with E-state index in [1.165, 1.54) is 0 Å². The van der Waals surface area contributed by atoms with Crippen LogP contribution in [-0.4, -0.2) is 45.9 Å². The Hall–Kier alpha value is -1.63. The second-order valence-corrected chi connectivity index (χ2v) is 8.91. The zero-order chi connectivity index (χ0) is 20.2. The van der Waals surface area contributed by atoms with Crippen molar-refractivity contribution < 1.29 is 33.7 Å². The highest BCUT2D eigenvalue weighted by Crippen LogP contribution is 2.22. The van der Waals surface area contributed by atoms with Gasteiger partial charge in [0.1, 0.15) is 22.7 Å². The van der Waals surface area contributed by atoms with Crippen LogP contribution in [0.4, 0.5) is 0 Å². The average Bonchev–Trinajstić information content (AvgIpc) is 2.28. The lowest BCUT2D eigenvalue weighted by atomic mass is 9.97. The predicted octanol–water partition coefficient (Wildman–Crippen LogP) is 2.38. The number of aliphatic hydroxyl groups excluding tert-OH is 1. The molecule has 0 spiro atoms. The molecule has 25 heavy (non-hydrogen) atoms. The van der Waals surface area contributed by atoms with E-state index in [1.807, 2.05) is 0 Å². The molecule has 0 bridgehead atoms. The number of aliphatic hydroxyl groups is 1. The Morgan fingerprint density at radius 2 is 1.08 bits per heavy atom. The summed E-state index contributed by atoms with van der Waals surface area (Å²) < 4.78 is 15.5. The molecule has 0 saturated heterocycles. The first-order valence-electron chi connectivity index (χ1n) is 8.27. The number of carbonyl (C=O) groups excluding carboxylic acids is 3. The van der Waals surface area contributed by atoms with Gasteiger partial charge in [-0.3, -0.25) is 9.59 Å². The third-order valence-electron chi connectivity index (χ3n) is 2.55. The van der Waals surface area contributed by atoms with Gasteiger partial charge in [-0.05, 0) is 62.3 Å². The fourth-order valence-electron chi connectivity index (χ4n) is 1.79. The van der Waals surface area contributed by atoms with Crippen LogP contribution in [0.5, 0.6) is 0 Å². The molecule has 1 N–H and O–H groups in total. The summed E-state index contributed by atoms with van der Waals surface area (Å²) in [6, 6.07) is 0. The lowest BCUT2D eigenvalue weighted by molar-refractivity contribution is -0.182. The highest BCUT2D eigenvalue weighted by Gasteiger charge is 2.40. The molecule has 0 unspecified atom stereocenters. The van der Waals surface area contributed by atoms with Crippen molar-refractivity contribution in [2.24, 2.45) is 5.92 Å². The SMILES string of the molecule is CC(C)(C)OC(=O)C[C@H](C(=O)OC(C)(C)C)[C@@H](O)C(=O)OC(C)(C)C. The van der Waals surface area contributed by atoms with Gasteiger partial charge >= 0.3 is 17.9 Å². The molecule has 0 aliphatic heterocycles. The molecule has 7 nitrogen and oxygen atoms in total. The van der Waals surface area contributed by atoms with Crippen molar-refractivity contribution in [2.75, 3.05) is 0 Å². The molecule has 2 atom stereocenters. The van der Waals surface area contributed by atoms with Gasteiger partial charge in [0, 0.05) is 0 Å². The molecule has 0 aromatic carbocycles. The molecule has 0 radical (unpaired) electrons. The molecule has 0 aliphatic rings. The fourth-order valence-corrected chi connectivity index (χ4v) is 1.79. The molecule has 0 aliphatic carbocycles. The largest absolute Gasteiger partial charge is 0.460 e. The van der Waals surface area contributed by atoms with E-state index in [2.05, 4.69) is 0 Å². The number of hydrogen-bond acceptors (Lipinski definition) is 7. The topological polar surface area (TPSA) is 99.1 Å². The molecule has 0 saturated carbocycles. The minimum atomic E-state index is -1.83. The molecule has 0 heterocycles. The van der Waals surface area contributed by atoms with Crippen molar-refractivity contribution in [1.82, 2.24) is 0 Å². The van der Waals surface area contributed by atoms with Gasteiger partial charge in [-0.25, -0.2) is 4.79 Å². The van der Waals surface area contributed by atoms with Gasteiger partial charge in [-0.15, -0.1) is 0 Å². The van der Waals surface area contributed by atoms with E-state index in [0.717, 1.165) is 0 Å². The summed E-state index contributed by atoms with van der Waals surface area (Å²) in [7, 11) is 0. The molecule has 146 valence electrons.